The molecule has 5 heteroatoms. The Morgan fingerprint density at radius 3 is 2.79 bits per heavy atom. The van der Waals surface area contributed by atoms with Gasteiger partial charge in [0.15, 0.2) is 5.78 Å². The molecule has 1 aliphatic heterocycles. The molecule has 0 saturated carbocycles. The van der Waals surface area contributed by atoms with E-state index in [1.54, 1.807) is 19.1 Å². The van der Waals surface area contributed by atoms with Gasteiger partial charge in [0.1, 0.15) is 0 Å². The molecule has 124 valence electrons. The highest BCUT2D eigenvalue weighted by Crippen LogP contribution is 2.42. The van der Waals surface area contributed by atoms with E-state index in [-0.39, 0.29) is 12.4 Å². The van der Waals surface area contributed by atoms with E-state index in [2.05, 4.69) is 6.58 Å². The highest BCUT2D eigenvalue weighted by atomic mass is 16.6. The second-order valence-electron chi connectivity index (χ2n) is 5.70. The van der Waals surface area contributed by atoms with E-state index in [1.807, 2.05) is 30.3 Å². The monoisotopic (exact) mass is 325 g/mol. The van der Waals surface area contributed by atoms with Crippen molar-refractivity contribution >= 4 is 28.2 Å². The van der Waals surface area contributed by atoms with Crippen LogP contribution in [0.4, 0.5) is 5.69 Å². The Balaban J connectivity index is 2.21. The number of esters is 1. The zero-order chi connectivity index (χ0) is 17.3. The van der Waals surface area contributed by atoms with Crippen molar-refractivity contribution in [2.75, 3.05) is 11.7 Å². The second-order valence-corrected chi connectivity index (χ2v) is 5.70. The molecule has 5 nitrogen and oxygen atoms in total. The van der Waals surface area contributed by atoms with Gasteiger partial charge in [-0.15, -0.1) is 6.58 Å². The van der Waals surface area contributed by atoms with Gasteiger partial charge in [-0.25, -0.2) is 9.86 Å². The Kier molecular flexibility index (Phi) is 4.36. The fourth-order valence-corrected chi connectivity index (χ4v) is 3.28. The van der Waals surface area contributed by atoms with E-state index in [0.717, 1.165) is 21.4 Å². The van der Waals surface area contributed by atoms with Gasteiger partial charge >= 0.3 is 5.97 Å². The Hall–Kier alpha value is -2.66. The first-order chi connectivity index (χ1) is 11.6. The number of hydrogen-bond acceptors (Lipinski definition) is 5. The molecule has 0 bridgehead atoms. The molecule has 0 fully saturated rings. The smallest absolute Gasteiger partial charge is 0.339 e. The first kappa shape index (κ1) is 16.2. The second kappa shape index (κ2) is 6.45. The molecule has 2 atom stereocenters. The summed E-state index contributed by atoms with van der Waals surface area (Å²) in [6.45, 7) is 5.53. The van der Waals surface area contributed by atoms with Gasteiger partial charge < -0.3 is 4.74 Å². The fraction of sp³-hybridized carbons (Fsp3) is 0.263. The summed E-state index contributed by atoms with van der Waals surface area (Å²) in [6.07, 6.45) is 2.05. The molecule has 24 heavy (non-hydrogen) atoms. The lowest BCUT2D eigenvalue weighted by atomic mass is 9.80. The molecule has 2 aromatic rings. The molecule has 1 aliphatic rings. The number of benzene rings is 2. The summed E-state index contributed by atoms with van der Waals surface area (Å²) in [7, 11) is 0. The Morgan fingerprint density at radius 1 is 1.33 bits per heavy atom. The molecule has 0 radical (unpaired) electrons. The maximum atomic E-state index is 12.9. The molecule has 0 saturated heterocycles. The number of anilines is 1. The summed E-state index contributed by atoms with van der Waals surface area (Å²) in [5, 5.41) is 13.1. The lowest BCUT2D eigenvalue weighted by molar-refractivity contribution is -0.150. The van der Waals surface area contributed by atoms with Crippen molar-refractivity contribution in [3.05, 3.63) is 54.6 Å². The molecule has 3 rings (SSSR count). The van der Waals surface area contributed by atoms with Gasteiger partial charge in [0.05, 0.1) is 18.2 Å². The standard InChI is InChI=1S/C19H19NO4/c1-3-7-14-16-13-9-6-5-8-12(13)10-11-15(16)20(23)17(18(14)21)19(22)24-4-2/h3,5-6,8-11,14,17,23H,1,4,7H2,2H3. The van der Waals surface area contributed by atoms with Gasteiger partial charge in [-0.05, 0) is 35.7 Å². The van der Waals surface area contributed by atoms with Crippen LogP contribution in [0, 0.1) is 0 Å². The summed E-state index contributed by atoms with van der Waals surface area (Å²) in [5.41, 5.74) is 1.18. The summed E-state index contributed by atoms with van der Waals surface area (Å²) in [6, 6.07) is 9.91. The number of hydrogen-bond donors (Lipinski definition) is 1. The molecule has 1 heterocycles. The Bertz CT molecular complexity index is 814. The molecule has 2 aromatic carbocycles. The van der Waals surface area contributed by atoms with Crippen molar-refractivity contribution in [3.63, 3.8) is 0 Å². The lowest BCUT2D eigenvalue weighted by Crippen LogP contribution is -2.51. The number of carbonyl (C=O) groups is 2. The Labute approximate surface area is 140 Å². The topological polar surface area (TPSA) is 66.8 Å². The van der Waals surface area contributed by atoms with Gasteiger partial charge in [-0.1, -0.05) is 36.4 Å². The number of ketones is 1. The van der Waals surface area contributed by atoms with E-state index in [1.165, 1.54) is 0 Å². The third kappa shape index (κ3) is 2.47. The number of ether oxygens (including phenoxy) is 1. The lowest BCUT2D eigenvalue weighted by Gasteiger charge is -2.36. The average molecular weight is 325 g/mol. The quantitative estimate of drug-likeness (QED) is 0.531. The molecule has 0 aliphatic carbocycles. The average Bonchev–Trinajstić information content (AvgIpc) is 2.58. The minimum atomic E-state index is -1.34. The predicted molar refractivity (Wildman–Crippen MR) is 91.2 cm³/mol. The van der Waals surface area contributed by atoms with Crippen LogP contribution in [0.3, 0.4) is 0 Å². The van der Waals surface area contributed by atoms with Crippen LogP contribution in [0.5, 0.6) is 0 Å². The zero-order valence-corrected chi connectivity index (χ0v) is 13.4. The van der Waals surface area contributed by atoms with Crippen LogP contribution in [0.2, 0.25) is 0 Å². The van der Waals surface area contributed by atoms with Gasteiger partial charge in [-0.3, -0.25) is 10.0 Å². The molecule has 0 aromatic heterocycles. The normalized spacial score (nSPS) is 19.9. The highest BCUT2D eigenvalue weighted by molar-refractivity contribution is 6.13. The maximum absolute atomic E-state index is 12.9. The van der Waals surface area contributed by atoms with Crippen molar-refractivity contribution in [1.82, 2.24) is 0 Å². The molecular weight excluding hydrogens is 306 g/mol. The number of hydroxylamine groups is 1. The molecular formula is C19H19NO4. The van der Waals surface area contributed by atoms with Crippen molar-refractivity contribution < 1.29 is 19.5 Å². The van der Waals surface area contributed by atoms with Crippen LogP contribution < -0.4 is 5.06 Å². The zero-order valence-electron chi connectivity index (χ0n) is 13.4. The van der Waals surface area contributed by atoms with E-state index in [4.69, 9.17) is 4.74 Å². The van der Waals surface area contributed by atoms with Crippen LogP contribution in [0.15, 0.2) is 49.1 Å². The van der Waals surface area contributed by atoms with Crippen LogP contribution in [-0.2, 0) is 14.3 Å². The van der Waals surface area contributed by atoms with E-state index >= 15 is 0 Å². The molecule has 1 N–H and O–H groups in total. The number of fused-ring (bicyclic) bond motifs is 3. The molecule has 2 unspecified atom stereocenters. The van der Waals surface area contributed by atoms with Crippen LogP contribution in [-0.4, -0.2) is 29.6 Å². The third-order valence-electron chi connectivity index (χ3n) is 4.31. The minimum Gasteiger partial charge on any atom is -0.464 e. The summed E-state index contributed by atoms with van der Waals surface area (Å²) >= 11 is 0. The predicted octanol–water partition coefficient (Wildman–Crippen LogP) is 3.21. The molecule has 0 spiro atoms. The van der Waals surface area contributed by atoms with Gasteiger partial charge in [0.25, 0.3) is 0 Å². The van der Waals surface area contributed by atoms with Crippen molar-refractivity contribution in [1.29, 1.82) is 0 Å². The third-order valence-corrected chi connectivity index (χ3v) is 4.31. The van der Waals surface area contributed by atoms with E-state index < -0.39 is 17.9 Å². The number of allylic oxidation sites excluding steroid dienone is 1. The largest absolute Gasteiger partial charge is 0.464 e. The minimum absolute atomic E-state index is 0.146. The first-order valence-corrected chi connectivity index (χ1v) is 7.91. The highest BCUT2D eigenvalue weighted by Gasteiger charge is 2.44. The summed E-state index contributed by atoms with van der Waals surface area (Å²) in [5.74, 6) is -1.65. The maximum Gasteiger partial charge on any atom is 0.339 e. The van der Waals surface area contributed by atoms with Gasteiger partial charge in [0, 0.05) is 0 Å². The van der Waals surface area contributed by atoms with Crippen molar-refractivity contribution in [2.45, 2.75) is 25.3 Å². The first-order valence-electron chi connectivity index (χ1n) is 7.91. The molecule has 0 amide bonds. The van der Waals surface area contributed by atoms with E-state index in [9.17, 15) is 14.8 Å². The number of nitrogens with zero attached hydrogens (tertiary/aromatic N) is 1. The van der Waals surface area contributed by atoms with Crippen molar-refractivity contribution in [2.24, 2.45) is 0 Å². The fourth-order valence-electron chi connectivity index (χ4n) is 3.28. The van der Waals surface area contributed by atoms with Gasteiger partial charge in [0.2, 0.25) is 6.04 Å². The summed E-state index contributed by atoms with van der Waals surface area (Å²) < 4.78 is 4.96. The summed E-state index contributed by atoms with van der Waals surface area (Å²) in [4.78, 5) is 25.1. The SMILES string of the molecule is C=CCC1C(=O)C(C(=O)OCC)N(O)c2ccc3ccccc3c21. The van der Waals surface area contributed by atoms with Crippen molar-refractivity contribution in [3.8, 4) is 0 Å². The van der Waals surface area contributed by atoms with E-state index in [0.29, 0.717) is 12.1 Å². The number of Topliss-reactive ketones (excluding diaryl/α,β-unsaturated/α-hetero) is 1. The number of rotatable bonds is 4. The van der Waals surface area contributed by atoms with Gasteiger partial charge in [-0.2, -0.15) is 0 Å². The number of carbonyl (C=O) groups excluding carboxylic acids is 2. The van der Waals surface area contributed by atoms with Crippen LogP contribution in [0.25, 0.3) is 10.8 Å². The Morgan fingerprint density at radius 2 is 2.08 bits per heavy atom. The van der Waals surface area contributed by atoms with Crippen LogP contribution >= 0.6 is 0 Å². The van der Waals surface area contributed by atoms with Crippen LogP contribution in [0.1, 0.15) is 24.8 Å².